The number of nitrogens with one attached hydrogen (secondary N) is 2. The molecule has 1 aliphatic heterocycles. The summed E-state index contributed by atoms with van der Waals surface area (Å²) in [6, 6.07) is -2.90. The minimum absolute atomic E-state index is 0.0455. The number of likely N-dealkylation sites (tertiary alicyclic amines) is 1. The topological polar surface area (TPSA) is 95.6 Å². The van der Waals surface area contributed by atoms with Gasteiger partial charge in [0.25, 0.3) is 0 Å². The molecule has 30 heavy (non-hydrogen) atoms. The van der Waals surface area contributed by atoms with Crippen molar-refractivity contribution in [1.29, 1.82) is 0 Å². The lowest BCUT2D eigenvalue weighted by molar-refractivity contribution is -0.175. The Morgan fingerprint density at radius 1 is 1.13 bits per heavy atom. The zero-order valence-electron chi connectivity index (χ0n) is 17.5. The summed E-state index contributed by atoms with van der Waals surface area (Å²) in [4.78, 5) is 50.2. The number of carbonyl (C=O) groups is 4. The Labute approximate surface area is 173 Å². The fourth-order valence-corrected chi connectivity index (χ4v) is 4.63. The first-order valence-corrected chi connectivity index (χ1v) is 10.2. The van der Waals surface area contributed by atoms with Gasteiger partial charge in [-0.15, -0.1) is 0 Å². The number of hydrogen-bond acceptors (Lipinski definition) is 4. The summed E-state index contributed by atoms with van der Waals surface area (Å²) in [5.74, 6) is -3.90. The van der Waals surface area contributed by atoms with Crippen LogP contribution in [-0.2, 0) is 19.2 Å². The number of nitrogens with zero attached hydrogens (tertiary/aromatic N) is 1. The van der Waals surface area contributed by atoms with E-state index in [9.17, 15) is 32.3 Å². The third-order valence-electron chi connectivity index (χ3n) is 6.84. The Bertz CT molecular complexity index is 748. The number of alkyl halides is 3. The number of hydrogen-bond donors (Lipinski definition) is 2. The van der Waals surface area contributed by atoms with E-state index in [1.165, 1.54) is 4.90 Å². The number of halogens is 3. The molecule has 10 heteroatoms. The Balaban J connectivity index is 1.80. The number of rotatable bonds is 7. The average Bonchev–Trinajstić information content (AvgIpc) is 3.50. The summed E-state index contributed by atoms with van der Waals surface area (Å²) in [6.07, 6.45) is -3.38. The maximum Gasteiger partial charge on any atom is 0.471 e. The van der Waals surface area contributed by atoms with Crippen molar-refractivity contribution in [2.45, 2.75) is 64.8 Å². The van der Waals surface area contributed by atoms with Crippen LogP contribution in [-0.4, -0.2) is 59.8 Å². The fraction of sp³-hybridized carbons (Fsp3) is 0.800. The second-order valence-corrected chi connectivity index (χ2v) is 9.59. The Morgan fingerprint density at radius 2 is 1.73 bits per heavy atom. The first kappa shape index (κ1) is 22.6. The summed E-state index contributed by atoms with van der Waals surface area (Å²) in [7, 11) is 0. The number of fused-ring (bicyclic) bond motifs is 1. The molecule has 0 aromatic heterocycles. The predicted octanol–water partition coefficient (Wildman–Crippen LogP) is 1.27. The predicted molar refractivity (Wildman–Crippen MR) is 99.8 cm³/mol. The number of piperidine rings is 1. The van der Waals surface area contributed by atoms with Crippen LogP contribution in [0.2, 0.25) is 0 Å². The SMILES string of the molecule is CC(C)[C@@H](C=O)NC(=O)C1[C@@H]2[C@H](CN1C(=O)[C@@H](NC(=O)C(F)(F)F)C1CC1)C2(C)C. The molecule has 7 nitrogen and oxygen atoms in total. The van der Waals surface area contributed by atoms with Gasteiger partial charge in [-0.05, 0) is 41.9 Å². The van der Waals surface area contributed by atoms with Crippen LogP contribution in [0.15, 0.2) is 0 Å². The maximum atomic E-state index is 13.2. The Kier molecular flexibility index (Phi) is 5.66. The van der Waals surface area contributed by atoms with Crippen molar-refractivity contribution >= 4 is 24.0 Å². The van der Waals surface area contributed by atoms with Crippen molar-refractivity contribution in [3.05, 3.63) is 0 Å². The molecule has 0 aromatic carbocycles. The number of carbonyl (C=O) groups excluding carboxylic acids is 4. The molecule has 3 fully saturated rings. The van der Waals surface area contributed by atoms with E-state index in [1.807, 2.05) is 19.2 Å². The highest BCUT2D eigenvalue weighted by Gasteiger charge is 2.70. The van der Waals surface area contributed by atoms with Crippen molar-refractivity contribution in [1.82, 2.24) is 15.5 Å². The van der Waals surface area contributed by atoms with Gasteiger partial charge in [0.15, 0.2) is 0 Å². The highest BCUT2D eigenvalue weighted by atomic mass is 19.4. The first-order valence-electron chi connectivity index (χ1n) is 10.2. The van der Waals surface area contributed by atoms with Crippen LogP contribution in [0.3, 0.4) is 0 Å². The van der Waals surface area contributed by atoms with E-state index >= 15 is 0 Å². The van der Waals surface area contributed by atoms with E-state index in [1.54, 1.807) is 13.8 Å². The molecule has 0 spiro atoms. The molecule has 1 saturated heterocycles. The van der Waals surface area contributed by atoms with Crippen molar-refractivity contribution in [2.24, 2.45) is 29.1 Å². The lowest BCUT2D eigenvalue weighted by Crippen LogP contribution is -2.58. The molecular formula is C20H28F3N3O4. The lowest BCUT2D eigenvalue weighted by atomic mass is 9.98. The highest BCUT2D eigenvalue weighted by Crippen LogP contribution is 2.65. The van der Waals surface area contributed by atoms with E-state index in [-0.39, 0.29) is 35.6 Å². The van der Waals surface area contributed by atoms with Crippen LogP contribution in [0.5, 0.6) is 0 Å². The summed E-state index contributed by atoms with van der Waals surface area (Å²) in [5.41, 5.74) is -0.183. The molecule has 2 aliphatic carbocycles. The average molecular weight is 431 g/mol. The van der Waals surface area contributed by atoms with Gasteiger partial charge in [0.2, 0.25) is 11.8 Å². The molecule has 1 unspecified atom stereocenters. The van der Waals surface area contributed by atoms with E-state index in [0.717, 1.165) is 0 Å². The zero-order chi connectivity index (χ0) is 22.6. The van der Waals surface area contributed by atoms with Crippen molar-refractivity contribution in [2.75, 3.05) is 6.54 Å². The van der Waals surface area contributed by atoms with Gasteiger partial charge in [0.1, 0.15) is 18.4 Å². The zero-order valence-corrected chi connectivity index (χ0v) is 17.5. The molecule has 0 bridgehead atoms. The highest BCUT2D eigenvalue weighted by molar-refractivity contribution is 5.95. The minimum atomic E-state index is -5.09. The normalized spacial score (nSPS) is 29.1. The van der Waals surface area contributed by atoms with Gasteiger partial charge in [-0.25, -0.2) is 0 Å². The van der Waals surface area contributed by atoms with Crippen molar-refractivity contribution in [3.63, 3.8) is 0 Å². The molecule has 3 amide bonds. The summed E-state index contributed by atoms with van der Waals surface area (Å²) in [6.45, 7) is 7.75. The third-order valence-corrected chi connectivity index (χ3v) is 6.84. The van der Waals surface area contributed by atoms with Gasteiger partial charge < -0.3 is 20.3 Å². The molecule has 1 heterocycles. The molecule has 3 rings (SSSR count). The van der Waals surface area contributed by atoms with Crippen molar-refractivity contribution < 1.29 is 32.3 Å². The minimum Gasteiger partial charge on any atom is -0.345 e. The molecule has 2 saturated carbocycles. The van der Waals surface area contributed by atoms with Crippen LogP contribution in [0.4, 0.5) is 13.2 Å². The molecule has 0 aromatic rings. The maximum absolute atomic E-state index is 13.2. The molecule has 168 valence electrons. The molecular weight excluding hydrogens is 403 g/mol. The van der Waals surface area contributed by atoms with Crippen LogP contribution in [0.1, 0.15) is 40.5 Å². The second-order valence-electron chi connectivity index (χ2n) is 9.59. The second kappa shape index (κ2) is 7.53. The summed E-state index contributed by atoms with van der Waals surface area (Å²) >= 11 is 0. The van der Waals surface area contributed by atoms with Crippen LogP contribution in [0, 0.1) is 29.1 Å². The number of amides is 3. The Hall–Kier alpha value is -2.13. The number of aldehydes is 1. The monoisotopic (exact) mass is 431 g/mol. The quantitative estimate of drug-likeness (QED) is 0.594. The van der Waals surface area contributed by atoms with E-state index in [2.05, 4.69) is 5.32 Å². The van der Waals surface area contributed by atoms with Crippen molar-refractivity contribution in [3.8, 4) is 0 Å². The van der Waals surface area contributed by atoms with Crippen LogP contribution < -0.4 is 10.6 Å². The molecule has 5 atom stereocenters. The summed E-state index contributed by atoms with van der Waals surface area (Å²) < 4.78 is 38.2. The summed E-state index contributed by atoms with van der Waals surface area (Å²) in [5, 5.41) is 4.50. The van der Waals surface area contributed by atoms with E-state index in [0.29, 0.717) is 19.1 Å². The van der Waals surface area contributed by atoms with E-state index in [4.69, 9.17) is 0 Å². The van der Waals surface area contributed by atoms with Gasteiger partial charge >= 0.3 is 12.1 Å². The molecule has 3 aliphatic rings. The van der Waals surface area contributed by atoms with Gasteiger partial charge in [0, 0.05) is 6.54 Å². The third kappa shape index (κ3) is 4.05. The van der Waals surface area contributed by atoms with Gasteiger partial charge in [0.05, 0.1) is 6.04 Å². The smallest absolute Gasteiger partial charge is 0.345 e. The van der Waals surface area contributed by atoms with Gasteiger partial charge in [-0.3, -0.25) is 14.4 Å². The lowest BCUT2D eigenvalue weighted by Gasteiger charge is -2.34. The van der Waals surface area contributed by atoms with E-state index < -0.39 is 42.0 Å². The first-order chi connectivity index (χ1) is 13.8. The van der Waals surface area contributed by atoms with Crippen LogP contribution >= 0.6 is 0 Å². The Morgan fingerprint density at radius 3 is 2.20 bits per heavy atom. The molecule has 2 N–H and O–H groups in total. The van der Waals surface area contributed by atoms with Gasteiger partial charge in [-0.2, -0.15) is 13.2 Å². The fourth-order valence-electron chi connectivity index (χ4n) is 4.63. The largest absolute Gasteiger partial charge is 0.471 e. The van der Waals surface area contributed by atoms with Crippen LogP contribution in [0.25, 0.3) is 0 Å². The van der Waals surface area contributed by atoms with Gasteiger partial charge in [-0.1, -0.05) is 27.7 Å². The standard InChI is InChI=1S/C20H28F3N3O4/c1-9(2)12(8-27)24-16(28)15-13-11(19(13,3)4)7-26(15)17(29)14(10-5-6-10)25-18(30)20(21,22)23/h8-15H,5-7H2,1-4H3,(H,24,28)(H,25,30)/t11-,12+,13-,14-,15?/m0/s1. The molecule has 0 radical (unpaired) electrons.